The number of hydrogen-bond acceptors (Lipinski definition) is 4. The number of imidazole rings is 1. The Bertz CT molecular complexity index is 820. The first-order valence-electron chi connectivity index (χ1n) is 7.05. The van der Waals surface area contributed by atoms with Crippen molar-refractivity contribution in [3.05, 3.63) is 42.5 Å². The number of anilines is 2. The Morgan fingerprint density at radius 2 is 2.00 bits per heavy atom. The van der Waals surface area contributed by atoms with Gasteiger partial charge < -0.3 is 11.1 Å². The summed E-state index contributed by atoms with van der Waals surface area (Å²) in [6.45, 7) is 4.18. The molecule has 0 spiro atoms. The number of hydrogen-bond donors (Lipinski definition) is 2. The minimum absolute atomic E-state index is 0.263. The zero-order chi connectivity index (χ0) is 15.7. The Morgan fingerprint density at radius 1 is 1.27 bits per heavy atom. The number of rotatable bonds is 4. The number of nitrogens with one attached hydrogen (secondary N) is 1. The van der Waals surface area contributed by atoms with Crippen LogP contribution in [-0.2, 0) is 4.79 Å². The van der Waals surface area contributed by atoms with Crippen LogP contribution in [0.2, 0.25) is 0 Å². The Balaban J connectivity index is 2.19. The molecule has 3 aromatic rings. The fourth-order valence-electron chi connectivity index (χ4n) is 2.49. The molecule has 0 bridgehead atoms. The summed E-state index contributed by atoms with van der Waals surface area (Å²) in [7, 11) is 0. The second-order valence-corrected chi connectivity index (χ2v) is 5.34. The average Bonchev–Trinajstić information content (AvgIpc) is 2.90. The normalized spacial score (nSPS) is 11.0. The van der Waals surface area contributed by atoms with Crippen molar-refractivity contribution in [2.45, 2.75) is 19.8 Å². The summed E-state index contributed by atoms with van der Waals surface area (Å²) in [6, 6.07) is 7.47. The van der Waals surface area contributed by atoms with Gasteiger partial charge in [-0.25, -0.2) is 9.97 Å². The lowest BCUT2D eigenvalue weighted by Crippen LogP contribution is -1.99. The summed E-state index contributed by atoms with van der Waals surface area (Å²) in [6.07, 6.45) is 4.20. The molecule has 112 valence electrons. The quantitative estimate of drug-likeness (QED) is 0.725. The third-order valence-corrected chi connectivity index (χ3v) is 3.51. The van der Waals surface area contributed by atoms with E-state index < -0.39 is 0 Å². The Kier molecular flexibility index (Phi) is 3.50. The standard InChI is InChI=1S/C16H17N5O/c1-10(2)16-20-13(14-15(17)18-7-8-21(14)16)11-3-5-12(6-4-11)19-9-22/h3-10H,1-2H3,(H2,17,18)(H,19,22). The number of benzene rings is 1. The van der Waals surface area contributed by atoms with E-state index in [0.29, 0.717) is 12.2 Å². The molecule has 2 aromatic heterocycles. The van der Waals surface area contributed by atoms with Gasteiger partial charge in [0.2, 0.25) is 6.41 Å². The minimum Gasteiger partial charge on any atom is -0.382 e. The second-order valence-electron chi connectivity index (χ2n) is 5.34. The van der Waals surface area contributed by atoms with Crippen LogP contribution in [-0.4, -0.2) is 20.8 Å². The number of nitrogens with two attached hydrogens (primary N) is 1. The van der Waals surface area contributed by atoms with Crippen molar-refractivity contribution in [2.75, 3.05) is 11.1 Å². The van der Waals surface area contributed by atoms with E-state index in [0.717, 1.165) is 28.3 Å². The van der Waals surface area contributed by atoms with Crippen molar-refractivity contribution >= 4 is 23.4 Å². The van der Waals surface area contributed by atoms with Crippen molar-refractivity contribution in [3.63, 3.8) is 0 Å². The van der Waals surface area contributed by atoms with Gasteiger partial charge in [0.25, 0.3) is 0 Å². The van der Waals surface area contributed by atoms with E-state index in [2.05, 4.69) is 24.1 Å². The molecule has 3 rings (SSSR count). The van der Waals surface area contributed by atoms with Crippen LogP contribution >= 0.6 is 0 Å². The van der Waals surface area contributed by atoms with Gasteiger partial charge in [-0.15, -0.1) is 0 Å². The Labute approximate surface area is 128 Å². The van der Waals surface area contributed by atoms with Gasteiger partial charge in [-0.2, -0.15) is 0 Å². The Hall–Kier alpha value is -2.89. The van der Waals surface area contributed by atoms with Crippen LogP contribution in [0.15, 0.2) is 36.7 Å². The van der Waals surface area contributed by atoms with E-state index in [-0.39, 0.29) is 5.92 Å². The second kappa shape index (κ2) is 5.48. The fraction of sp³-hybridized carbons (Fsp3) is 0.188. The highest BCUT2D eigenvalue weighted by molar-refractivity contribution is 5.86. The zero-order valence-corrected chi connectivity index (χ0v) is 12.4. The highest BCUT2D eigenvalue weighted by Gasteiger charge is 2.17. The van der Waals surface area contributed by atoms with Gasteiger partial charge in [-0.05, 0) is 12.1 Å². The third-order valence-electron chi connectivity index (χ3n) is 3.51. The molecule has 6 heteroatoms. The molecule has 0 unspecified atom stereocenters. The number of carbonyl (C=O) groups is 1. The highest BCUT2D eigenvalue weighted by atomic mass is 16.1. The highest BCUT2D eigenvalue weighted by Crippen LogP contribution is 2.30. The molecule has 3 N–H and O–H groups in total. The molecule has 6 nitrogen and oxygen atoms in total. The molecule has 0 atom stereocenters. The molecule has 0 saturated carbocycles. The minimum atomic E-state index is 0.263. The predicted molar refractivity (Wildman–Crippen MR) is 86.6 cm³/mol. The molecule has 0 radical (unpaired) electrons. The molecule has 0 saturated heterocycles. The van der Waals surface area contributed by atoms with Gasteiger partial charge in [0.15, 0.2) is 0 Å². The summed E-state index contributed by atoms with van der Waals surface area (Å²) in [5.74, 6) is 1.65. The lowest BCUT2D eigenvalue weighted by Gasteiger charge is -2.04. The lowest BCUT2D eigenvalue weighted by molar-refractivity contribution is -0.105. The predicted octanol–water partition coefficient (Wildman–Crippen LogP) is 2.67. The van der Waals surface area contributed by atoms with Gasteiger partial charge in [0.05, 0.1) is 0 Å². The van der Waals surface area contributed by atoms with Crippen molar-refractivity contribution in [2.24, 2.45) is 0 Å². The van der Waals surface area contributed by atoms with Crippen LogP contribution in [0.4, 0.5) is 11.5 Å². The van der Waals surface area contributed by atoms with E-state index in [1.165, 1.54) is 0 Å². The topological polar surface area (TPSA) is 85.3 Å². The monoisotopic (exact) mass is 295 g/mol. The maximum absolute atomic E-state index is 10.5. The van der Waals surface area contributed by atoms with Gasteiger partial charge in [-0.3, -0.25) is 9.20 Å². The SMILES string of the molecule is CC(C)c1nc(-c2ccc(NC=O)cc2)c2c(N)nccn12. The number of amides is 1. The molecule has 1 amide bonds. The number of fused-ring (bicyclic) bond motifs is 1. The number of nitrogens with zero attached hydrogens (tertiary/aromatic N) is 3. The Morgan fingerprint density at radius 3 is 2.64 bits per heavy atom. The molecule has 1 aromatic carbocycles. The van der Waals surface area contributed by atoms with Crippen LogP contribution in [0.5, 0.6) is 0 Å². The molecular weight excluding hydrogens is 278 g/mol. The molecule has 22 heavy (non-hydrogen) atoms. The average molecular weight is 295 g/mol. The van der Waals surface area contributed by atoms with Gasteiger partial charge in [0, 0.05) is 29.6 Å². The fourth-order valence-corrected chi connectivity index (χ4v) is 2.49. The van der Waals surface area contributed by atoms with E-state index >= 15 is 0 Å². The lowest BCUT2D eigenvalue weighted by atomic mass is 10.1. The number of aromatic nitrogens is 3. The molecule has 0 aliphatic rings. The maximum Gasteiger partial charge on any atom is 0.211 e. The summed E-state index contributed by atoms with van der Waals surface area (Å²) in [5, 5.41) is 2.61. The van der Waals surface area contributed by atoms with E-state index in [1.807, 2.05) is 34.9 Å². The maximum atomic E-state index is 10.5. The number of carbonyl (C=O) groups excluding carboxylic acids is 1. The zero-order valence-electron chi connectivity index (χ0n) is 12.4. The summed E-state index contributed by atoms with van der Waals surface area (Å²) >= 11 is 0. The van der Waals surface area contributed by atoms with Crippen molar-refractivity contribution in [3.8, 4) is 11.3 Å². The van der Waals surface area contributed by atoms with Crippen molar-refractivity contribution in [1.29, 1.82) is 0 Å². The molecule has 0 aliphatic carbocycles. The van der Waals surface area contributed by atoms with Gasteiger partial charge in [0.1, 0.15) is 22.9 Å². The van der Waals surface area contributed by atoms with Crippen LogP contribution in [0.3, 0.4) is 0 Å². The van der Waals surface area contributed by atoms with Crippen molar-refractivity contribution < 1.29 is 4.79 Å². The smallest absolute Gasteiger partial charge is 0.211 e. The summed E-state index contributed by atoms with van der Waals surface area (Å²) in [5.41, 5.74) is 9.33. The van der Waals surface area contributed by atoms with E-state index in [4.69, 9.17) is 10.7 Å². The van der Waals surface area contributed by atoms with Crippen molar-refractivity contribution in [1.82, 2.24) is 14.4 Å². The largest absolute Gasteiger partial charge is 0.382 e. The first-order valence-corrected chi connectivity index (χ1v) is 7.05. The summed E-state index contributed by atoms with van der Waals surface area (Å²) in [4.78, 5) is 19.4. The first-order chi connectivity index (χ1) is 10.6. The molecule has 2 heterocycles. The van der Waals surface area contributed by atoms with Crippen LogP contribution in [0, 0.1) is 0 Å². The van der Waals surface area contributed by atoms with Crippen LogP contribution in [0.25, 0.3) is 16.8 Å². The van der Waals surface area contributed by atoms with Crippen LogP contribution in [0.1, 0.15) is 25.6 Å². The van der Waals surface area contributed by atoms with E-state index in [1.54, 1.807) is 6.20 Å². The van der Waals surface area contributed by atoms with Gasteiger partial charge in [-0.1, -0.05) is 26.0 Å². The van der Waals surface area contributed by atoms with Gasteiger partial charge >= 0.3 is 0 Å². The number of nitrogen functional groups attached to an aromatic ring is 1. The third kappa shape index (κ3) is 2.28. The van der Waals surface area contributed by atoms with Crippen LogP contribution < -0.4 is 11.1 Å². The molecular formula is C16H17N5O. The van der Waals surface area contributed by atoms with E-state index in [9.17, 15) is 4.79 Å². The first kappa shape index (κ1) is 14.1. The molecule has 0 aliphatic heterocycles. The molecule has 0 fully saturated rings. The summed E-state index contributed by atoms with van der Waals surface area (Å²) < 4.78 is 1.99.